The van der Waals surface area contributed by atoms with Crippen LogP contribution in [0, 0.1) is 5.82 Å². The second-order valence-electron chi connectivity index (χ2n) is 5.07. The van der Waals surface area contributed by atoms with Crippen molar-refractivity contribution in [3.8, 4) is 5.75 Å². The molecule has 0 aliphatic carbocycles. The van der Waals surface area contributed by atoms with E-state index in [1.807, 2.05) is 0 Å². The summed E-state index contributed by atoms with van der Waals surface area (Å²) in [6.07, 6.45) is 0. The molecule has 3 nitrogen and oxygen atoms in total. The highest BCUT2D eigenvalue weighted by molar-refractivity contribution is 5.54. The zero-order chi connectivity index (χ0) is 14.5. The standard InChI is InChI=1S/C17H19FN2O/c18-15-6-2-4-8-17(15)21-12-11-20-10-9-19-13-14-5-1-3-7-16(14)20/h1-8,19H,9-13H2. The van der Waals surface area contributed by atoms with Crippen LogP contribution >= 0.6 is 0 Å². The molecular formula is C17H19FN2O. The second-order valence-corrected chi connectivity index (χ2v) is 5.07. The Labute approximate surface area is 124 Å². The van der Waals surface area contributed by atoms with E-state index in [0.29, 0.717) is 12.4 Å². The van der Waals surface area contributed by atoms with Gasteiger partial charge in [0.15, 0.2) is 11.6 Å². The average molecular weight is 286 g/mol. The van der Waals surface area contributed by atoms with Crippen molar-refractivity contribution in [3.05, 3.63) is 59.9 Å². The minimum absolute atomic E-state index is 0.310. The molecule has 0 spiro atoms. The summed E-state index contributed by atoms with van der Waals surface area (Å²) in [5, 5.41) is 3.41. The number of hydrogen-bond donors (Lipinski definition) is 1. The van der Waals surface area contributed by atoms with Gasteiger partial charge < -0.3 is 15.0 Å². The van der Waals surface area contributed by atoms with Crippen molar-refractivity contribution in [2.45, 2.75) is 6.54 Å². The number of nitrogens with zero attached hydrogens (tertiary/aromatic N) is 1. The molecule has 0 aromatic heterocycles. The molecule has 1 aliphatic rings. The highest BCUT2D eigenvalue weighted by atomic mass is 19.1. The highest BCUT2D eigenvalue weighted by Crippen LogP contribution is 2.22. The largest absolute Gasteiger partial charge is 0.489 e. The van der Waals surface area contributed by atoms with Gasteiger partial charge in [0.25, 0.3) is 0 Å². The number of nitrogens with one attached hydrogen (secondary N) is 1. The molecule has 1 heterocycles. The summed E-state index contributed by atoms with van der Waals surface area (Å²) < 4.78 is 19.1. The van der Waals surface area contributed by atoms with Crippen LogP contribution in [0.2, 0.25) is 0 Å². The Hall–Kier alpha value is -2.07. The van der Waals surface area contributed by atoms with Gasteiger partial charge in [-0.1, -0.05) is 30.3 Å². The zero-order valence-electron chi connectivity index (χ0n) is 11.9. The van der Waals surface area contributed by atoms with Gasteiger partial charge in [-0.25, -0.2) is 4.39 Å². The number of hydrogen-bond acceptors (Lipinski definition) is 3. The number of para-hydroxylation sites is 2. The zero-order valence-corrected chi connectivity index (χ0v) is 11.9. The number of benzene rings is 2. The van der Waals surface area contributed by atoms with Gasteiger partial charge in [0.05, 0.1) is 6.54 Å². The summed E-state index contributed by atoms with van der Waals surface area (Å²) in [4.78, 5) is 2.29. The molecule has 2 aromatic carbocycles. The molecular weight excluding hydrogens is 267 g/mol. The van der Waals surface area contributed by atoms with Crippen LogP contribution in [0.5, 0.6) is 5.75 Å². The van der Waals surface area contributed by atoms with E-state index in [0.717, 1.165) is 26.2 Å². The van der Waals surface area contributed by atoms with Crippen LogP contribution in [0.15, 0.2) is 48.5 Å². The van der Waals surface area contributed by atoms with E-state index >= 15 is 0 Å². The Balaban J connectivity index is 1.64. The molecule has 3 rings (SSSR count). The summed E-state index contributed by atoms with van der Waals surface area (Å²) in [5.74, 6) is 0.00849. The lowest BCUT2D eigenvalue weighted by molar-refractivity contribution is 0.307. The first-order chi connectivity index (χ1) is 10.3. The van der Waals surface area contributed by atoms with Crippen LogP contribution in [0.1, 0.15) is 5.56 Å². The van der Waals surface area contributed by atoms with Crippen molar-refractivity contribution in [2.24, 2.45) is 0 Å². The van der Waals surface area contributed by atoms with Gasteiger partial charge in [-0.15, -0.1) is 0 Å². The molecule has 4 heteroatoms. The normalized spacial score (nSPS) is 14.4. The van der Waals surface area contributed by atoms with Crippen LogP contribution < -0.4 is 15.0 Å². The molecule has 21 heavy (non-hydrogen) atoms. The SMILES string of the molecule is Fc1ccccc1OCCN1CCNCc2ccccc21. The first kappa shape index (κ1) is 13.9. The monoisotopic (exact) mass is 286 g/mol. The smallest absolute Gasteiger partial charge is 0.165 e. The van der Waals surface area contributed by atoms with Gasteiger partial charge in [-0.05, 0) is 23.8 Å². The van der Waals surface area contributed by atoms with Gasteiger partial charge in [-0.2, -0.15) is 0 Å². The van der Waals surface area contributed by atoms with Crippen LogP contribution in [0.4, 0.5) is 10.1 Å². The molecule has 0 saturated heterocycles. The molecule has 110 valence electrons. The molecule has 2 aromatic rings. The molecule has 0 amide bonds. The summed E-state index contributed by atoms with van der Waals surface area (Å²) in [6.45, 7) is 3.97. The fourth-order valence-electron chi connectivity index (χ4n) is 2.59. The third kappa shape index (κ3) is 3.34. The summed E-state index contributed by atoms with van der Waals surface area (Å²) in [6, 6.07) is 14.9. The molecule has 0 unspecified atom stereocenters. The number of ether oxygens (including phenoxy) is 1. The van der Waals surface area contributed by atoms with Crippen molar-refractivity contribution < 1.29 is 9.13 Å². The molecule has 0 saturated carbocycles. The Kier molecular flexibility index (Phi) is 4.36. The highest BCUT2D eigenvalue weighted by Gasteiger charge is 2.14. The van der Waals surface area contributed by atoms with Gasteiger partial charge in [0.2, 0.25) is 0 Å². The first-order valence-electron chi connectivity index (χ1n) is 7.25. The Morgan fingerprint density at radius 1 is 1.10 bits per heavy atom. The number of rotatable bonds is 4. The Bertz CT molecular complexity index is 603. The van der Waals surface area contributed by atoms with E-state index in [1.165, 1.54) is 17.3 Å². The summed E-state index contributed by atoms with van der Waals surface area (Å²) in [5.41, 5.74) is 2.53. The van der Waals surface area contributed by atoms with Crippen molar-refractivity contribution in [2.75, 3.05) is 31.1 Å². The van der Waals surface area contributed by atoms with E-state index < -0.39 is 0 Å². The third-order valence-electron chi connectivity index (χ3n) is 3.66. The van der Waals surface area contributed by atoms with Crippen molar-refractivity contribution >= 4 is 5.69 Å². The average Bonchev–Trinajstić information content (AvgIpc) is 2.72. The van der Waals surface area contributed by atoms with Crippen LogP contribution in [0.3, 0.4) is 0 Å². The van der Waals surface area contributed by atoms with Gasteiger partial charge >= 0.3 is 0 Å². The molecule has 1 aliphatic heterocycles. The quantitative estimate of drug-likeness (QED) is 0.935. The minimum Gasteiger partial charge on any atom is -0.489 e. The lowest BCUT2D eigenvalue weighted by Gasteiger charge is -2.24. The molecule has 0 atom stereocenters. The van der Waals surface area contributed by atoms with E-state index in [4.69, 9.17) is 4.74 Å². The lowest BCUT2D eigenvalue weighted by Crippen LogP contribution is -2.32. The van der Waals surface area contributed by atoms with Gasteiger partial charge in [0.1, 0.15) is 6.61 Å². The van der Waals surface area contributed by atoms with Gasteiger partial charge in [-0.3, -0.25) is 0 Å². The van der Waals surface area contributed by atoms with E-state index in [1.54, 1.807) is 18.2 Å². The van der Waals surface area contributed by atoms with E-state index in [9.17, 15) is 4.39 Å². The number of anilines is 1. The number of fused-ring (bicyclic) bond motifs is 1. The molecule has 0 bridgehead atoms. The maximum Gasteiger partial charge on any atom is 0.165 e. The minimum atomic E-state index is -0.310. The molecule has 0 radical (unpaired) electrons. The fourth-order valence-corrected chi connectivity index (χ4v) is 2.59. The Morgan fingerprint density at radius 3 is 2.81 bits per heavy atom. The van der Waals surface area contributed by atoms with Crippen LogP contribution in [0.25, 0.3) is 0 Å². The van der Waals surface area contributed by atoms with Crippen molar-refractivity contribution in [1.82, 2.24) is 5.32 Å². The predicted octanol–water partition coefficient (Wildman–Crippen LogP) is 2.81. The second kappa shape index (κ2) is 6.59. The summed E-state index contributed by atoms with van der Waals surface area (Å²) >= 11 is 0. The summed E-state index contributed by atoms with van der Waals surface area (Å²) in [7, 11) is 0. The first-order valence-corrected chi connectivity index (χ1v) is 7.25. The fraction of sp³-hybridized carbons (Fsp3) is 0.294. The lowest BCUT2D eigenvalue weighted by atomic mass is 10.1. The van der Waals surface area contributed by atoms with E-state index in [2.05, 4.69) is 34.5 Å². The maximum absolute atomic E-state index is 13.5. The number of halogens is 1. The maximum atomic E-state index is 13.5. The van der Waals surface area contributed by atoms with Gasteiger partial charge in [0, 0.05) is 25.3 Å². The molecule has 0 fully saturated rings. The van der Waals surface area contributed by atoms with Crippen LogP contribution in [-0.2, 0) is 6.54 Å². The van der Waals surface area contributed by atoms with E-state index in [-0.39, 0.29) is 5.82 Å². The molecule has 1 N–H and O–H groups in total. The van der Waals surface area contributed by atoms with Crippen LogP contribution in [-0.4, -0.2) is 26.2 Å². The topological polar surface area (TPSA) is 24.5 Å². The third-order valence-corrected chi connectivity index (χ3v) is 3.66. The Morgan fingerprint density at radius 2 is 1.90 bits per heavy atom. The van der Waals surface area contributed by atoms with Crippen molar-refractivity contribution in [3.63, 3.8) is 0 Å². The van der Waals surface area contributed by atoms with Crippen molar-refractivity contribution in [1.29, 1.82) is 0 Å². The predicted molar refractivity (Wildman–Crippen MR) is 82.3 cm³/mol.